The van der Waals surface area contributed by atoms with E-state index in [1.807, 2.05) is 0 Å². The number of alkyl halides is 5. The largest absolute Gasteiger partial charge is 0.465 e. The standard InChI is InChI=1S/C5H5F5O2/c1-12-3(11)4(6,7)2-5(8,9)10/h2H2,1H3. The molecule has 0 saturated carbocycles. The summed E-state index contributed by atoms with van der Waals surface area (Å²) in [6.07, 6.45) is -7.58. The maximum absolute atomic E-state index is 12.1. The number of hydrogen-bond donors (Lipinski definition) is 0. The Morgan fingerprint density at radius 2 is 1.67 bits per heavy atom. The van der Waals surface area contributed by atoms with Crippen molar-refractivity contribution in [2.75, 3.05) is 7.11 Å². The van der Waals surface area contributed by atoms with Gasteiger partial charge in [0, 0.05) is 0 Å². The number of esters is 1. The topological polar surface area (TPSA) is 26.3 Å². The minimum Gasteiger partial charge on any atom is -0.465 e. The van der Waals surface area contributed by atoms with E-state index < -0.39 is 24.5 Å². The average molecular weight is 192 g/mol. The van der Waals surface area contributed by atoms with Gasteiger partial charge in [-0.15, -0.1) is 0 Å². The zero-order chi connectivity index (χ0) is 9.99. The average Bonchev–Trinajstić information content (AvgIpc) is 1.80. The molecule has 0 rings (SSSR count). The highest BCUT2D eigenvalue weighted by Gasteiger charge is 2.50. The van der Waals surface area contributed by atoms with Crippen LogP contribution in [0.15, 0.2) is 0 Å². The predicted octanol–water partition coefficient (Wildman–Crippen LogP) is 1.75. The molecule has 12 heavy (non-hydrogen) atoms. The molecule has 2 nitrogen and oxygen atoms in total. The second-order valence-corrected chi connectivity index (χ2v) is 1.99. The number of halogens is 5. The fourth-order valence-electron chi connectivity index (χ4n) is 0.473. The van der Waals surface area contributed by atoms with E-state index in [1.165, 1.54) is 0 Å². The highest BCUT2D eigenvalue weighted by atomic mass is 19.4. The fourth-order valence-corrected chi connectivity index (χ4v) is 0.473. The third-order valence-electron chi connectivity index (χ3n) is 0.907. The van der Waals surface area contributed by atoms with Crippen molar-refractivity contribution in [2.45, 2.75) is 18.5 Å². The number of methoxy groups -OCH3 is 1. The molecule has 0 aliphatic heterocycles. The van der Waals surface area contributed by atoms with E-state index in [9.17, 15) is 26.7 Å². The molecule has 7 heteroatoms. The highest BCUT2D eigenvalue weighted by Crippen LogP contribution is 2.31. The van der Waals surface area contributed by atoms with Crippen molar-refractivity contribution in [1.82, 2.24) is 0 Å². The summed E-state index contributed by atoms with van der Waals surface area (Å²) in [5.41, 5.74) is 0. The zero-order valence-electron chi connectivity index (χ0n) is 5.91. The Kier molecular flexibility index (Phi) is 3.00. The van der Waals surface area contributed by atoms with Gasteiger partial charge in [-0.1, -0.05) is 0 Å². The van der Waals surface area contributed by atoms with Gasteiger partial charge in [0.05, 0.1) is 7.11 Å². The molecular weight excluding hydrogens is 187 g/mol. The molecule has 0 saturated heterocycles. The van der Waals surface area contributed by atoms with Gasteiger partial charge in [-0.25, -0.2) is 4.79 Å². The number of ether oxygens (including phenoxy) is 1. The summed E-state index contributed by atoms with van der Waals surface area (Å²) in [7, 11) is 0.590. The maximum atomic E-state index is 12.1. The smallest absolute Gasteiger partial charge is 0.395 e. The molecule has 0 spiro atoms. The van der Waals surface area contributed by atoms with Crippen LogP contribution in [0.1, 0.15) is 6.42 Å². The minimum atomic E-state index is -5.09. The van der Waals surface area contributed by atoms with Crippen LogP contribution in [0.25, 0.3) is 0 Å². The predicted molar refractivity (Wildman–Crippen MR) is 27.6 cm³/mol. The van der Waals surface area contributed by atoms with Gasteiger partial charge in [0.2, 0.25) is 0 Å². The van der Waals surface area contributed by atoms with Gasteiger partial charge in [0.1, 0.15) is 6.42 Å². The van der Waals surface area contributed by atoms with E-state index in [-0.39, 0.29) is 0 Å². The van der Waals surface area contributed by atoms with E-state index >= 15 is 0 Å². The molecule has 0 fully saturated rings. The Bertz CT molecular complexity index is 173. The number of hydrogen-bond acceptors (Lipinski definition) is 2. The van der Waals surface area contributed by atoms with Gasteiger partial charge in [0.15, 0.2) is 0 Å². The summed E-state index contributed by atoms with van der Waals surface area (Å²) in [6.45, 7) is 0. The molecule has 72 valence electrons. The lowest BCUT2D eigenvalue weighted by molar-refractivity contribution is -0.206. The second kappa shape index (κ2) is 3.24. The second-order valence-electron chi connectivity index (χ2n) is 1.99. The first kappa shape index (κ1) is 11.1. The van der Waals surface area contributed by atoms with E-state index in [1.54, 1.807) is 0 Å². The molecule has 0 aliphatic rings. The van der Waals surface area contributed by atoms with Crippen molar-refractivity contribution >= 4 is 5.97 Å². The van der Waals surface area contributed by atoms with Crippen molar-refractivity contribution in [3.05, 3.63) is 0 Å². The minimum absolute atomic E-state index is 0.590. The van der Waals surface area contributed by atoms with Crippen LogP contribution in [0.5, 0.6) is 0 Å². The first-order chi connectivity index (χ1) is 5.19. The van der Waals surface area contributed by atoms with Crippen LogP contribution in [-0.4, -0.2) is 25.2 Å². The summed E-state index contributed by atoms with van der Waals surface area (Å²) in [5, 5.41) is 0. The van der Waals surface area contributed by atoms with Crippen molar-refractivity contribution in [3.63, 3.8) is 0 Å². The van der Waals surface area contributed by atoms with E-state index in [2.05, 4.69) is 4.74 Å². The molecule has 0 atom stereocenters. The van der Waals surface area contributed by atoms with E-state index in [0.717, 1.165) is 0 Å². The van der Waals surface area contributed by atoms with Crippen molar-refractivity contribution in [3.8, 4) is 0 Å². The van der Waals surface area contributed by atoms with Crippen molar-refractivity contribution in [1.29, 1.82) is 0 Å². The SMILES string of the molecule is COC(=O)C(F)(F)CC(F)(F)F. The molecule has 0 bridgehead atoms. The van der Waals surface area contributed by atoms with Crippen LogP contribution in [0.4, 0.5) is 22.0 Å². The molecule has 0 aromatic carbocycles. The third kappa shape index (κ3) is 3.49. The Hall–Kier alpha value is -0.880. The first-order valence-corrected chi connectivity index (χ1v) is 2.72. The number of carbonyl (C=O) groups is 1. The normalized spacial score (nSPS) is 12.8. The number of rotatable bonds is 2. The first-order valence-electron chi connectivity index (χ1n) is 2.72. The van der Waals surface area contributed by atoms with Gasteiger partial charge >= 0.3 is 18.1 Å². The Morgan fingerprint density at radius 3 is 1.92 bits per heavy atom. The van der Waals surface area contributed by atoms with E-state index in [4.69, 9.17) is 0 Å². The number of carbonyl (C=O) groups excluding carboxylic acids is 1. The molecule has 0 N–H and O–H groups in total. The Labute approximate surface area is 64.3 Å². The van der Waals surface area contributed by atoms with E-state index in [0.29, 0.717) is 7.11 Å². The van der Waals surface area contributed by atoms with Gasteiger partial charge < -0.3 is 4.74 Å². The quantitative estimate of drug-likeness (QED) is 0.492. The molecule has 0 radical (unpaired) electrons. The molecule has 0 unspecified atom stereocenters. The van der Waals surface area contributed by atoms with Gasteiger partial charge in [0.25, 0.3) is 0 Å². The zero-order valence-corrected chi connectivity index (χ0v) is 5.91. The van der Waals surface area contributed by atoms with Crippen LogP contribution in [-0.2, 0) is 9.53 Å². The monoisotopic (exact) mass is 192 g/mol. The molecule has 0 heterocycles. The van der Waals surface area contributed by atoms with Crippen LogP contribution in [0.3, 0.4) is 0 Å². The molecule has 0 aromatic heterocycles. The van der Waals surface area contributed by atoms with Crippen LogP contribution < -0.4 is 0 Å². The highest BCUT2D eigenvalue weighted by molar-refractivity contribution is 5.77. The Morgan fingerprint density at radius 1 is 1.25 bits per heavy atom. The molecule has 0 aliphatic carbocycles. The Balaban J connectivity index is 4.32. The lowest BCUT2D eigenvalue weighted by Crippen LogP contribution is -2.35. The summed E-state index contributed by atoms with van der Waals surface area (Å²) in [4.78, 5) is 10.0. The van der Waals surface area contributed by atoms with Gasteiger partial charge in [-0.2, -0.15) is 22.0 Å². The lowest BCUT2D eigenvalue weighted by atomic mass is 10.2. The fraction of sp³-hybridized carbons (Fsp3) is 0.800. The third-order valence-corrected chi connectivity index (χ3v) is 0.907. The lowest BCUT2D eigenvalue weighted by Gasteiger charge is -2.14. The van der Waals surface area contributed by atoms with Gasteiger partial charge in [-0.05, 0) is 0 Å². The van der Waals surface area contributed by atoms with Gasteiger partial charge in [-0.3, -0.25) is 0 Å². The summed E-state index contributed by atoms with van der Waals surface area (Å²) >= 11 is 0. The molecule has 0 aromatic rings. The summed E-state index contributed by atoms with van der Waals surface area (Å²) < 4.78 is 61.8. The van der Waals surface area contributed by atoms with Crippen LogP contribution in [0.2, 0.25) is 0 Å². The van der Waals surface area contributed by atoms with Crippen LogP contribution >= 0.6 is 0 Å². The van der Waals surface area contributed by atoms with Crippen molar-refractivity contribution < 1.29 is 31.5 Å². The maximum Gasteiger partial charge on any atom is 0.395 e. The molecule has 0 amide bonds. The summed E-state index contributed by atoms with van der Waals surface area (Å²) in [5.74, 6) is -6.67. The molecular formula is C5H5F5O2. The summed E-state index contributed by atoms with van der Waals surface area (Å²) in [6, 6.07) is 0. The van der Waals surface area contributed by atoms with Crippen molar-refractivity contribution in [2.24, 2.45) is 0 Å². The van der Waals surface area contributed by atoms with Crippen LogP contribution in [0, 0.1) is 0 Å².